The molecule has 3 N–H and O–H groups in total. The first kappa shape index (κ1) is 15.6. The normalized spacial score (nSPS) is 19.4. The number of nitrogens with two attached hydrogens (primary N) is 1. The number of benzene rings is 1. The molecule has 1 aromatic rings. The summed E-state index contributed by atoms with van der Waals surface area (Å²) >= 11 is 0. The molecule has 1 aliphatic rings. The van der Waals surface area contributed by atoms with E-state index >= 15 is 0 Å². The van der Waals surface area contributed by atoms with Gasteiger partial charge < -0.3 is 20.6 Å². The van der Waals surface area contributed by atoms with E-state index in [1.807, 2.05) is 7.05 Å². The lowest BCUT2D eigenvalue weighted by Crippen LogP contribution is -2.38. The number of nitrogen functional groups attached to an aromatic ring is 1. The van der Waals surface area contributed by atoms with Crippen LogP contribution in [0.1, 0.15) is 36.0 Å². The highest BCUT2D eigenvalue weighted by atomic mass is 16.4. The molecule has 1 atom stereocenters. The first-order valence-corrected chi connectivity index (χ1v) is 7.53. The molecule has 21 heavy (non-hydrogen) atoms. The molecule has 1 aromatic carbocycles. The van der Waals surface area contributed by atoms with Crippen LogP contribution in [0.3, 0.4) is 0 Å². The van der Waals surface area contributed by atoms with Crippen molar-refractivity contribution >= 4 is 17.3 Å². The number of aromatic carboxylic acids is 1. The second kappa shape index (κ2) is 6.80. The molecule has 0 radical (unpaired) electrons. The quantitative estimate of drug-likeness (QED) is 0.815. The topological polar surface area (TPSA) is 69.8 Å². The number of nitrogens with zero attached hydrogens (tertiary/aromatic N) is 2. The van der Waals surface area contributed by atoms with Gasteiger partial charge in [0.15, 0.2) is 0 Å². The number of likely N-dealkylation sites (tertiary alicyclic amines) is 1. The Morgan fingerprint density at radius 3 is 2.86 bits per heavy atom. The molecular formula is C16H25N3O2. The fraction of sp³-hybridized carbons (Fsp3) is 0.562. The highest BCUT2D eigenvalue weighted by Crippen LogP contribution is 2.25. The van der Waals surface area contributed by atoms with Gasteiger partial charge in [-0.25, -0.2) is 4.79 Å². The van der Waals surface area contributed by atoms with Crippen LogP contribution in [0.5, 0.6) is 0 Å². The number of hydrogen-bond acceptors (Lipinski definition) is 4. The second-order valence-electron chi connectivity index (χ2n) is 5.92. The predicted molar refractivity (Wildman–Crippen MR) is 86.0 cm³/mol. The van der Waals surface area contributed by atoms with Crippen molar-refractivity contribution in [1.82, 2.24) is 4.90 Å². The monoisotopic (exact) mass is 291 g/mol. The minimum atomic E-state index is -0.945. The number of piperidine rings is 1. The van der Waals surface area contributed by atoms with E-state index in [1.165, 1.54) is 31.9 Å². The Morgan fingerprint density at radius 2 is 2.24 bits per heavy atom. The minimum Gasteiger partial charge on any atom is -0.478 e. The van der Waals surface area contributed by atoms with Crippen LogP contribution in [-0.2, 0) is 0 Å². The maximum Gasteiger partial charge on any atom is 0.335 e. The van der Waals surface area contributed by atoms with E-state index < -0.39 is 5.97 Å². The molecule has 5 nitrogen and oxygen atoms in total. The van der Waals surface area contributed by atoms with Crippen LogP contribution in [0, 0.1) is 0 Å². The third-order valence-corrected chi connectivity index (χ3v) is 4.40. The summed E-state index contributed by atoms with van der Waals surface area (Å²) in [5, 5.41) is 8.97. The summed E-state index contributed by atoms with van der Waals surface area (Å²) in [5.74, 6) is -0.945. The highest BCUT2D eigenvalue weighted by Gasteiger charge is 2.19. The number of carbonyl (C=O) groups is 1. The van der Waals surface area contributed by atoms with E-state index in [0.717, 1.165) is 18.7 Å². The molecule has 1 heterocycles. The first-order chi connectivity index (χ1) is 9.99. The fourth-order valence-electron chi connectivity index (χ4n) is 3.01. The summed E-state index contributed by atoms with van der Waals surface area (Å²) in [7, 11) is 4.20. The summed E-state index contributed by atoms with van der Waals surface area (Å²) in [5.41, 5.74) is 7.64. The molecule has 2 rings (SSSR count). The lowest BCUT2D eigenvalue weighted by Gasteiger charge is -2.34. The lowest BCUT2D eigenvalue weighted by molar-refractivity contribution is 0.0697. The Bertz CT molecular complexity index is 504. The predicted octanol–water partition coefficient (Wildman–Crippen LogP) is 2.28. The van der Waals surface area contributed by atoms with E-state index in [-0.39, 0.29) is 5.56 Å². The van der Waals surface area contributed by atoms with Gasteiger partial charge in [-0.2, -0.15) is 0 Å². The summed E-state index contributed by atoms with van der Waals surface area (Å²) in [6, 6.07) is 5.57. The molecule has 5 heteroatoms. The fourth-order valence-corrected chi connectivity index (χ4v) is 3.01. The zero-order chi connectivity index (χ0) is 15.4. The van der Waals surface area contributed by atoms with E-state index in [1.54, 1.807) is 12.1 Å². The molecule has 0 saturated carbocycles. The van der Waals surface area contributed by atoms with Crippen LogP contribution >= 0.6 is 0 Å². The molecule has 0 aromatic heterocycles. The zero-order valence-corrected chi connectivity index (χ0v) is 12.9. The van der Waals surface area contributed by atoms with Crippen molar-refractivity contribution in [2.45, 2.75) is 31.7 Å². The van der Waals surface area contributed by atoms with Gasteiger partial charge >= 0.3 is 5.97 Å². The van der Waals surface area contributed by atoms with Crippen LogP contribution in [0.25, 0.3) is 0 Å². The molecule has 1 saturated heterocycles. The summed E-state index contributed by atoms with van der Waals surface area (Å²) in [6.07, 6.45) is 4.98. The van der Waals surface area contributed by atoms with E-state index in [0.29, 0.717) is 11.7 Å². The molecule has 1 fully saturated rings. The SMILES string of the molecule is CN(CCC1CCCCN1C)c1ccc(C(=O)O)cc1N. The van der Waals surface area contributed by atoms with Crippen molar-refractivity contribution in [2.75, 3.05) is 37.8 Å². The van der Waals surface area contributed by atoms with Gasteiger partial charge in [0.05, 0.1) is 16.9 Å². The van der Waals surface area contributed by atoms with Crippen LogP contribution in [0.15, 0.2) is 18.2 Å². The van der Waals surface area contributed by atoms with Crippen molar-refractivity contribution in [3.63, 3.8) is 0 Å². The van der Waals surface area contributed by atoms with Crippen LogP contribution in [-0.4, -0.2) is 49.2 Å². The third-order valence-electron chi connectivity index (χ3n) is 4.40. The maximum atomic E-state index is 10.9. The van der Waals surface area contributed by atoms with Gasteiger partial charge in [0.25, 0.3) is 0 Å². The molecule has 1 aliphatic heterocycles. The van der Waals surface area contributed by atoms with Crippen molar-refractivity contribution in [2.24, 2.45) is 0 Å². The van der Waals surface area contributed by atoms with Gasteiger partial charge in [0, 0.05) is 19.6 Å². The maximum absolute atomic E-state index is 10.9. The number of carboxylic acid groups (broad SMARTS) is 1. The second-order valence-corrected chi connectivity index (χ2v) is 5.92. The van der Waals surface area contributed by atoms with Crippen LogP contribution in [0.4, 0.5) is 11.4 Å². The number of carboxylic acids is 1. The van der Waals surface area contributed by atoms with Crippen molar-refractivity contribution < 1.29 is 9.90 Å². The number of anilines is 2. The summed E-state index contributed by atoms with van der Waals surface area (Å²) in [6.45, 7) is 2.11. The molecule has 0 amide bonds. The lowest BCUT2D eigenvalue weighted by atomic mass is 10.00. The molecule has 0 spiro atoms. The van der Waals surface area contributed by atoms with Crippen LogP contribution in [0.2, 0.25) is 0 Å². The van der Waals surface area contributed by atoms with Gasteiger partial charge in [-0.15, -0.1) is 0 Å². The van der Waals surface area contributed by atoms with Gasteiger partial charge in [-0.3, -0.25) is 0 Å². The van der Waals surface area contributed by atoms with Gasteiger partial charge in [-0.1, -0.05) is 6.42 Å². The molecule has 0 aliphatic carbocycles. The van der Waals surface area contributed by atoms with Crippen molar-refractivity contribution in [3.05, 3.63) is 23.8 Å². The largest absolute Gasteiger partial charge is 0.478 e. The highest BCUT2D eigenvalue weighted by molar-refractivity contribution is 5.90. The number of rotatable bonds is 5. The van der Waals surface area contributed by atoms with Gasteiger partial charge in [-0.05, 0) is 51.1 Å². The molecule has 116 valence electrons. The molecule has 0 bridgehead atoms. The van der Waals surface area contributed by atoms with Crippen LogP contribution < -0.4 is 10.6 Å². The summed E-state index contributed by atoms with van der Waals surface area (Å²) in [4.78, 5) is 15.5. The van der Waals surface area contributed by atoms with Crippen molar-refractivity contribution in [1.29, 1.82) is 0 Å². The van der Waals surface area contributed by atoms with Gasteiger partial charge in [0.2, 0.25) is 0 Å². The Labute approximate surface area is 126 Å². The Balaban J connectivity index is 1.96. The third kappa shape index (κ3) is 3.88. The van der Waals surface area contributed by atoms with Crippen molar-refractivity contribution in [3.8, 4) is 0 Å². The Hall–Kier alpha value is -1.75. The Morgan fingerprint density at radius 1 is 1.48 bits per heavy atom. The zero-order valence-electron chi connectivity index (χ0n) is 12.9. The van der Waals surface area contributed by atoms with E-state index in [4.69, 9.17) is 10.8 Å². The summed E-state index contributed by atoms with van der Waals surface area (Å²) < 4.78 is 0. The Kier molecular flexibility index (Phi) is 5.07. The minimum absolute atomic E-state index is 0.233. The van der Waals surface area contributed by atoms with E-state index in [2.05, 4.69) is 16.8 Å². The molecular weight excluding hydrogens is 266 g/mol. The number of hydrogen-bond donors (Lipinski definition) is 2. The first-order valence-electron chi connectivity index (χ1n) is 7.53. The molecule has 1 unspecified atom stereocenters. The standard InChI is InChI=1S/C16H25N3O2/c1-18-9-4-3-5-13(18)8-10-19(2)15-7-6-12(16(20)21)11-14(15)17/h6-7,11,13H,3-5,8-10,17H2,1-2H3,(H,20,21). The average Bonchev–Trinajstić information content (AvgIpc) is 2.46. The van der Waals surface area contributed by atoms with Gasteiger partial charge in [0.1, 0.15) is 0 Å². The van der Waals surface area contributed by atoms with E-state index in [9.17, 15) is 4.79 Å². The smallest absolute Gasteiger partial charge is 0.335 e. The average molecular weight is 291 g/mol.